The Morgan fingerprint density at radius 1 is 0.639 bits per heavy atom. The molecule has 0 aliphatic rings. The van der Waals surface area contributed by atoms with Gasteiger partial charge in [-0.25, -0.2) is 4.98 Å². The Bertz CT molecular complexity index is 3930. The Morgan fingerprint density at radius 3 is 2.08 bits per heavy atom. The van der Waals surface area contributed by atoms with Gasteiger partial charge in [-0.15, -0.1) is 29.3 Å². The summed E-state index contributed by atoms with van der Waals surface area (Å²) >= 11 is 0. The monoisotopic (exact) mass is 1010 g/mol. The van der Waals surface area contributed by atoms with Gasteiger partial charge in [-0.05, 0) is 93.7 Å². The molecular formula is C56H56N3OPt-. The van der Waals surface area contributed by atoms with Gasteiger partial charge in [0.15, 0.2) is 0 Å². The van der Waals surface area contributed by atoms with E-state index < -0.39 is 129 Å². The van der Waals surface area contributed by atoms with Gasteiger partial charge in [0.25, 0.3) is 0 Å². The van der Waals surface area contributed by atoms with Crippen molar-refractivity contribution in [2.75, 3.05) is 0 Å². The zero-order valence-electron chi connectivity index (χ0n) is 61.0. The van der Waals surface area contributed by atoms with E-state index >= 15 is 0 Å². The molecule has 312 valence electrons. The molecule has 8 aromatic rings. The second-order valence-corrected chi connectivity index (χ2v) is 15.6. The minimum atomic E-state index is -4.28. The van der Waals surface area contributed by atoms with Crippen LogP contribution in [0.1, 0.15) is 128 Å². The third kappa shape index (κ3) is 8.66. The molecule has 0 bridgehead atoms. The number of aromatic nitrogens is 3. The van der Waals surface area contributed by atoms with E-state index in [9.17, 15) is 5.11 Å². The number of aryl methyl sites for hydroxylation is 1. The Hall–Kier alpha value is -5.57. The fourth-order valence-electron chi connectivity index (χ4n) is 7.08. The van der Waals surface area contributed by atoms with E-state index in [4.69, 9.17) is 43.4 Å². The molecule has 0 spiro atoms. The number of imidazole rings is 1. The maximum Gasteiger partial charge on any atom is 0.148 e. The topological polar surface area (TPSA) is 50.9 Å². The van der Waals surface area contributed by atoms with Gasteiger partial charge in [0.1, 0.15) is 11.6 Å². The fraction of sp³-hybridized carbons (Fsp3) is 0.250. The molecule has 8 rings (SSSR count). The summed E-state index contributed by atoms with van der Waals surface area (Å²) in [6.45, 7) is -25.5. The van der Waals surface area contributed by atoms with E-state index in [1.807, 2.05) is 20.8 Å². The first-order chi connectivity index (χ1) is 40.0. The van der Waals surface area contributed by atoms with E-state index in [1.165, 1.54) is 53.2 Å². The van der Waals surface area contributed by atoms with E-state index in [0.29, 0.717) is 17.2 Å². The SMILES string of the molecule is [2H]c1c([2H])c(C([2H])([2H])[2H])c([2H])c([2H])c1-c1ccnc(-c2[c-]c(-c3cccc4c3nc(-c3cc(C(C([2H])([2H])[2H])(C([2H])([2H])[2H])C([2H])([2H])[2H])cc(C(C([2H])([2H])[2H])(C([2H])([2H])[2H])C([2H])([2H])[2H])c3O)n4-c3ccc(-c4ccccc4)c(C([2H])([2H])[2H])c3)cc(C(C)(C)C)c2)c1.[Pt]. The molecule has 1 N–H and O–H groups in total. The molecule has 2 aromatic heterocycles. The smallest absolute Gasteiger partial charge is 0.148 e. The first-order valence-electron chi connectivity index (χ1n) is 32.7. The zero-order chi connectivity index (χ0) is 66.2. The number of phenolic OH excluding ortho intramolecular Hbond substituents is 1. The van der Waals surface area contributed by atoms with Gasteiger partial charge in [0, 0.05) is 77.1 Å². The number of hydrogen-bond acceptors (Lipinski definition) is 3. The van der Waals surface area contributed by atoms with Crippen LogP contribution in [0.2, 0.25) is 0 Å². The van der Waals surface area contributed by atoms with Crippen molar-refractivity contribution >= 4 is 11.0 Å². The number of nitrogens with zero attached hydrogens (tertiary/aromatic N) is 3. The number of pyridine rings is 1. The summed E-state index contributed by atoms with van der Waals surface area (Å²) in [6, 6.07) is 24.3. The second-order valence-electron chi connectivity index (χ2n) is 15.6. The summed E-state index contributed by atoms with van der Waals surface area (Å²) in [5.74, 6) is -2.23. The molecule has 0 aliphatic heterocycles. The van der Waals surface area contributed by atoms with Crippen LogP contribution < -0.4 is 0 Å². The average molecular weight is 1010 g/mol. The summed E-state index contributed by atoms with van der Waals surface area (Å²) in [5, 5.41) is 12.9. The van der Waals surface area contributed by atoms with Crippen molar-refractivity contribution in [1.82, 2.24) is 14.5 Å². The Kier molecular flexibility index (Phi) is 5.51. The predicted octanol–water partition coefficient (Wildman–Crippen LogP) is 14.8. The number of aromatic hydroxyl groups is 1. The van der Waals surface area contributed by atoms with Crippen LogP contribution in [-0.2, 0) is 37.3 Å². The van der Waals surface area contributed by atoms with Gasteiger partial charge in [-0.3, -0.25) is 9.55 Å². The van der Waals surface area contributed by atoms with Crippen LogP contribution in [-0.4, -0.2) is 19.6 Å². The standard InChI is InChI=1S/C56H56N3O.Pt/c1-35-20-22-37(23-21-35)39-26-27-57-49(32-39)41-29-40(30-42(31-41)54(3,4)5)46-18-15-19-50-51(46)58-53(47-33-43(55(6,7)8)34-48(52(47)60)56(9,10)11)59(50)44-24-25-45(36(2)28-44)38-16-13-12-14-17-38;/h12-28,30-34,60H,1-11H3;/q-1;/i1D3,2D3,6D3,7D3,8D3,9D3,10D3,11D3,20D,21D,22D,23D;. The Balaban J connectivity index is 0.0000113. The third-order valence-corrected chi connectivity index (χ3v) is 10.2. The zero-order valence-corrected chi connectivity index (χ0v) is 35.3. The van der Waals surface area contributed by atoms with Crippen molar-refractivity contribution in [1.29, 1.82) is 0 Å². The fourth-order valence-corrected chi connectivity index (χ4v) is 7.08. The second kappa shape index (κ2) is 16.4. The van der Waals surface area contributed by atoms with Gasteiger partial charge in [-0.2, -0.15) is 0 Å². The van der Waals surface area contributed by atoms with Crippen molar-refractivity contribution < 1.29 is 64.6 Å². The summed E-state index contributed by atoms with van der Waals surface area (Å²) in [6.07, 6.45) is 1.32. The molecule has 0 unspecified atom stereocenters. The van der Waals surface area contributed by atoms with E-state index in [0.717, 1.165) is 0 Å². The summed E-state index contributed by atoms with van der Waals surface area (Å²) in [5.41, 5.74) is -12.6. The van der Waals surface area contributed by atoms with Gasteiger partial charge in [-0.1, -0.05) is 163 Å². The molecular weight excluding hydrogens is 926 g/mol. The van der Waals surface area contributed by atoms with Crippen LogP contribution in [0.5, 0.6) is 5.75 Å². The number of fused-ring (bicyclic) bond motifs is 1. The van der Waals surface area contributed by atoms with Crippen LogP contribution in [0, 0.1) is 19.8 Å². The Labute approximate surface area is 416 Å². The quantitative estimate of drug-likeness (QED) is 0.169. The molecule has 0 radical (unpaired) electrons. The molecule has 6 aromatic carbocycles. The molecule has 0 fully saturated rings. The molecule has 5 heteroatoms. The van der Waals surface area contributed by atoms with Gasteiger partial charge >= 0.3 is 0 Å². The maximum absolute atomic E-state index is 12.9. The number of benzene rings is 6. The molecule has 4 nitrogen and oxygen atoms in total. The largest absolute Gasteiger partial charge is 0.507 e. The minimum Gasteiger partial charge on any atom is -0.507 e. The van der Waals surface area contributed by atoms with E-state index in [-0.39, 0.29) is 88.5 Å². The summed E-state index contributed by atoms with van der Waals surface area (Å²) in [4.78, 5) is 9.53. The number of hydrogen-bond donors (Lipinski definition) is 1. The normalized spacial score (nSPS) is 20.5. The first kappa shape index (κ1) is 20.5. The van der Waals surface area contributed by atoms with Crippen LogP contribution in [0.25, 0.3) is 72.7 Å². The summed E-state index contributed by atoms with van der Waals surface area (Å²) < 4.78 is 243. The molecule has 0 saturated carbocycles. The third-order valence-electron chi connectivity index (χ3n) is 10.2. The first-order valence-corrected chi connectivity index (χ1v) is 18.7. The number of para-hydroxylation sites is 1. The molecule has 0 aliphatic carbocycles. The molecule has 61 heavy (non-hydrogen) atoms. The Morgan fingerprint density at radius 2 is 1.38 bits per heavy atom. The average Bonchev–Trinajstić information content (AvgIpc) is 1.05. The van der Waals surface area contributed by atoms with E-state index in [2.05, 4.69) is 11.1 Å². The van der Waals surface area contributed by atoms with Crippen molar-refractivity contribution in [3.8, 4) is 67.5 Å². The van der Waals surface area contributed by atoms with Crippen molar-refractivity contribution in [3.05, 3.63) is 167 Å². The number of phenols is 1. The van der Waals surface area contributed by atoms with Gasteiger partial charge in [0.05, 0.1) is 22.1 Å². The molecule has 0 atom stereocenters. The van der Waals surface area contributed by atoms with Crippen LogP contribution in [0.4, 0.5) is 0 Å². The minimum absolute atomic E-state index is 0. The molecule has 2 heterocycles. The molecule has 0 saturated heterocycles. The van der Waals surface area contributed by atoms with Gasteiger partial charge < -0.3 is 5.11 Å². The van der Waals surface area contributed by atoms with Crippen LogP contribution in [0.15, 0.2) is 133 Å². The van der Waals surface area contributed by atoms with Crippen molar-refractivity contribution in [2.45, 2.75) is 91.8 Å². The van der Waals surface area contributed by atoms with Crippen molar-refractivity contribution in [2.24, 2.45) is 0 Å². The molecule has 0 amide bonds. The van der Waals surface area contributed by atoms with Crippen molar-refractivity contribution in [3.63, 3.8) is 0 Å². The van der Waals surface area contributed by atoms with Crippen LogP contribution >= 0.6 is 0 Å². The van der Waals surface area contributed by atoms with E-state index in [1.54, 1.807) is 48.5 Å². The summed E-state index contributed by atoms with van der Waals surface area (Å²) in [7, 11) is 0. The van der Waals surface area contributed by atoms with Gasteiger partial charge in [0.2, 0.25) is 0 Å². The maximum atomic E-state index is 12.9. The number of rotatable bonds is 6. The predicted molar refractivity (Wildman–Crippen MR) is 252 cm³/mol. The van der Waals surface area contributed by atoms with Crippen LogP contribution in [0.3, 0.4) is 0 Å².